The lowest BCUT2D eigenvalue weighted by molar-refractivity contribution is -0.141. The Morgan fingerprint density at radius 3 is 2.53 bits per heavy atom. The third kappa shape index (κ3) is 3.09. The molecule has 2 heterocycles. The molecule has 0 bridgehead atoms. The average molecular weight is 275 g/mol. The van der Waals surface area contributed by atoms with Gasteiger partial charge in [-0.05, 0) is 18.9 Å². The second kappa shape index (κ2) is 5.24. The van der Waals surface area contributed by atoms with E-state index in [-0.39, 0.29) is 11.8 Å². The Bertz CT molecular complexity index is 442. The monoisotopic (exact) mass is 275 g/mol. The van der Waals surface area contributed by atoms with E-state index in [4.69, 9.17) is 10.5 Å². The van der Waals surface area contributed by atoms with Crippen molar-refractivity contribution < 1.29 is 17.9 Å². The first-order valence-corrected chi connectivity index (χ1v) is 6.02. The van der Waals surface area contributed by atoms with Gasteiger partial charge in [-0.15, -0.1) is 0 Å². The number of piperidine rings is 1. The van der Waals surface area contributed by atoms with E-state index >= 15 is 0 Å². The SMILES string of the molecule is COC1CCN(c2cc(C(F)(F)F)ncc2N)CC1. The van der Waals surface area contributed by atoms with Crippen LogP contribution in [0.4, 0.5) is 24.5 Å². The number of aromatic nitrogens is 1. The standard InChI is InChI=1S/C12H16F3N3O/c1-19-8-2-4-18(5-3-8)10-6-11(12(13,14)15)17-7-9(10)16/h6-8H,2-5,16H2,1H3. The third-order valence-electron chi connectivity index (χ3n) is 3.32. The number of rotatable bonds is 2. The van der Waals surface area contributed by atoms with Gasteiger partial charge in [-0.2, -0.15) is 13.2 Å². The summed E-state index contributed by atoms with van der Waals surface area (Å²) in [6.07, 6.45) is -1.66. The zero-order valence-corrected chi connectivity index (χ0v) is 10.6. The van der Waals surface area contributed by atoms with Gasteiger partial charge >= 0.3 is 6.18 Å². The number of ether oxygens (including phenoxy) is 1. The predicted molar refractivity (Wildman–Crippen MR) is 65.9 cm³/mol. The summed E-state index contributed by atoms with van der Waals surface area (Å²) in [5, 5.41) is 0. The van der Waals surface area contributed by atoms with E-state index in [2.05, 4.69) is 4.98 Å². The maximum atomic E-state index is 12.6. The van der Waals surface area contributed by atoms with Gasteiger partial charge in [0.25, 0.3) is 0 Å². The molecule has 2 N–H and O–H groups in total. The summed E-state index contributed by atoms with van der Waals surface area (Å²) in [7, 11) is 1.64. The van der Waals surface area contributed by atoms with Crippen molar-refractivity contribution in [1.29, 1.82) is 0 Å². The van der Waals surface area contributed by atoms with Crippen LogP contribution in [0.3, 0.4) is 0 Å². The van der Waals surface area contributed by atoms with Gasteiger partial charge < -0.3 is 15.4 Å². The molecule has 1 aliphatic rings. The third-order valence-corrected chi connectivity index (χ3v) is 3.32. The summed E-state index contributed by atoms with van der Waals surface area (Å²) < 4.78 is 43.2. The fourth-order valence-electron chi connectivity index (χ4n) is 2.22. The molecule has 1 aliphatic heterocycles. The zero-order chi connectivity index (χ0) is 14.0. The highest BCUT2D eigenvalue weighted by Gasteiger charge is 2.33. The molecule has 4 nitrogen and oxygen atoms in total. The van der Waals surface area contributed by atoms with Gasteiger partial charge in [-0.25, -0.2) is 4.98 Å². The molecule has 0 atom stereocenters. The van der Waals surface area contributed by atoms with Crippen LogP contribution in [0.25, 0.3) is 0 Å². The molecular weight excluding hydrogens is 259 g/mol. The van der Waals surface area contributed by atoms with Crippen LogP contribution in [-0.2, 0) is 10.9 Å². The van der Waals surface area contributed by atoms with Crippen molar-refractivity contribution in [3.63, 3.8) is 0 Å². The van der Waals surface area contributed by atoms with Gasteiger partial charge in [-0.3, -0.25) is 0 Å². The van der Waals surface area contributed by atoms with Crippen LogP contribution in [0.15, 0.2) is 12.3 Å². The van der Waals surface area contributed by atoms with E-state index in [9.17, 15) is 13.2 Å². The Balaban J connectivity index is 2.20. The first-order valence-electron chi connectivity index (χ1n) is 6.02. The fraction of sp³-hybridized carbons (Fsp3) is 0.583. The van der Waals surface area contributed by atoms with Crippen molar-refractivity contribution in [2.24, 2.45) is 0 Å². The van der Waals surface area contributed by atoms with Gasteiger partial charge in [-0.1, -0.05) is 0 Å². The van der Waals surface area contributed by atoms with Gasteiger partial charge in [0, 0.05) is 20.2 Å². The summed E-state index contributed by atoms with van der Waals surface area (Å²) in [5.74, 6) is 0. The van der Waals surface area contributed by atoms with Crippen molar-refractivity contribution in [3.8, 4) is 0 Å². The number of nitrogens with two attached hydrogens (primary N) is 1. The minimum atomic E-state index is -4.45. The van der Waals surface area contributed by atoms with Gasteiger partial charge in [0.15, 0.2) is 0 Å². The number of nitrogen functional groups attached to an aromatic ring is 1. The van der Waals surface area contributed by atoms with Gasteiger partial charge in [0.1, 0.15) is 5.69 Å². The molecule has 0 aliphatic carbocycles. The van der Waals surface area contributed by atoms with Crippen LogP contribution in [0.5, 0.6) is 0 Å². The van der Waals surface area contributed by atoms with E-state index in [1.807, 2.05) is 4.90 Å². The molecule has 7 heteroatoms. The summed E-state index contributed by atoms with van der Waals surface area (Å²) in [4.78, 5) is 5.18. The van der Waals surface area contributed by atoms with Gasteiger partial charge in [0.2, 0.25) is 0 Å². The fourth-order valence-corrected chi connectivity index (χ4v) is 2.22. The second-order valence-corrected chi connectivity index (χ2v) is 4.55. The molecule has 106 valence electrons. The second-order valence-electron chi connectivity index (χ2n) is 4.55. The summed E-state index contributed by atoms with van der Waals surface area (Å²) in [6.45, 7) is 1.26. The number of methoxy groups -OCH3 is 1. The number of hydrogen-bond acceptors (Lipinski definition) is 4. The summed E-state index contributed by atoms with van der Waals surface area (Å²) in [6, 6.07) is 1.02. The molecule has 1 fully saturated rings. The van der Waals surface area contributed by atoms with E-state index in [0.717, 1.165) is 25.1 Å². The van der Waals surface area contributed by atoms with Crippen molar-refractivity contribution in [2.45, 2.75) is 25.1 Å². The predicted octanol–water partition coefficient (Wildman–Crippen LogP) is 2.30. The minimum Gasteiger partial charge on any atom is -0.396 e. The number of nitrogens with zero attached hydrogens (tertiary/aromatic N) is 2. The minimum absolute atomic E-state index is 0.168. The number of halogens is 3. The first kappa shape index (κ1) is 13.9. The summed E-state index contributed by atoms with van der Waals surface area (Å²) >= 11 is 0. The maximum absolute atomic E-state index is 12.6. The highest BCUT2D eigenvalue weighted by atomic mass is 19.4. The normalized spacial score (nSPS) is 17.8. The topological polar surface area (TPSA) is 51.4 Å². The van der Waals surface area contributed by atoms with Crippen LogP contribution >= 0.6 is 0 Å². The Hall–Kier alpha value is -1.50. The van der Waals surface area contributed by atoms with Crippen molar-refractivity contribution >= 4 is 11.4 Å². The molecule has 0 saturated carbocycles. The van der Waals surface area contributed by atoms with Crippen LogP contribution in [0, 0.1) is 0 Å². The molecule has 2 rings (SSSR count). The van der Waals surface area contributed by atoms with Crippen LogP contribution in [0.1, 0.15) is 18.5 Å². The highest BCUT2D eigenvalue weighted by Crippen LogP contribution is 2.33. The number of pyridine rings is 1. The lowest BCUT2D eigenvalue weighted by Gasteiger charge is -2.33. The Morgan fingerprint density at radius 1 is 1.37 bits per heavy atom. The summed E-state index contributed by atoms with van der Waals surface area (Å²) in [5.41, 5.74) is 5.48. The molecule has 0 unspecified atom stereocenters. The van der Waals surface area contributed by atoms with E-state index in [0.29, 0.717) is 18.8 Å². The quantitative estimate of drug-likeness (QED) is 0.899. The van der Waals surface area contributed by atoms with Crippen LogP contribution < -0.4 is 10.6 Å². The maximum Gasteiger partial charge on any atom is 0.433 e. The first-order chi connectivity index (χ1) is 8.91. The Morgan fingerprint density at radius 2 is 2.00 bits per heavy atom. The molecular formula is C12H16F3N3O. The van der Waals surface area contributed by atoms with Crippen molar-refractivity contribution in [2.75, 3.05) is 30.8 Å². The average Bonchev–Trinajstić information content (AvgIpc) is 2.38. The number of anilines is 2. The van der Waals surface area contributed by atoms with Crippen molar-refractivity contribution in [3.05, 3.63) is 18.0 Å². The lowest BCUT2D eigenvalue weighted by atomic mass is 10.1. The lowest BCUT2D eigenvalue weighted by Crippen LogP contribution is -2.37. The molecule has 0 spiro atoms. The highest BCUT2D eigenvalue weighted by molar-refractivity contribution is 5.67. The molecule has 0 amide bonds. The molecule has 0 radical (unpaired) electrons. The van der Waals surface area contributed by atoms with Gasteiger partial charge in [0.05, 0.1) is 23.7 Å². The smallest absolute Gasteiger partial charge is 0.396 e. The molecule has 1 saturated heterocycles. The van der Waals surface area contributed by atoms with Crippen LogP contribution in [-0.4, -0.2) is 31.3 Å². The molecule has 0 aromatic carbocycles. The Kier molecular flexibility index (Phi) is 3.84. The van der Waals surface area contributed by atoms with E-state index < -0.39 is 11.9 Å². The number of hydrogen-bond donors (Lipinski definition) is 1. The van der Waals surface area contributed by atoms with Crippen LogP contribution in [0.2, 0.25) is 0 Å². The zero-order valence-electron chi connectivity index (χ0n) is 10.6. The molecule has 19 heavy (non-hydrogen) atoms. The Labute approximate surface area is 109 Å². The van der Waals surface area contributed by atoms with Crippen molar-refractivity contribution in [1.82, 2.24) is 4.98 Å². The molecule has 1 aromatic rings. The molecule has 1 aromatic heterocycles. The van der Waals surface area contributed by atoms with E-state index in [1.165, 1.54) is 0 Å². The largest absolute Gasteiger partial charge is 0.433 e. The van der Waals surface area contributed by atoms with E-state index in [1.54, 1.807) is 7.11 Å². The number of alkyl halides is 3.